The maximum atomic E-state index is 12.5. The van der Waals surface area contributed by atoms with Gasteiger partial charge in [0.1, 0.15) is 5.82 Å². The zero-order valence-corrected chi connectivity index (χ0v) is 14.4. The largest absolute Gasteiger partial charge is 0.417 e. The highest BCUT2D eigenvalue weighted by molar-refractivity contribution is 7.93. The molecule has 0 radical (unpaired) electrons. The van der Waals surface area contributed by atoms with E-state index in [4.69, 9.17) is 0 Å². The lowest BCUT2D eigenvalue weighted by Crippen LogP contribution is -2.36. The number of rotatable bonds is 3. The van der Waals surface area contributed by atoms with Crippen LogP contribution in [0.4, 0.5) is 19.0 Å². The van der Waals surface area contributed by atoms with E-state index in [2.05, 4.69) is 9.35 Å². The lowest BCUT2D eigenvalue weighted by molar-refractivity contribution is -0.137. The molecule has 1 saturated heterocycles. The fourth-order valence-electron chi connectivity index (χ4n) is 2.43. The van der Waals surface area contributed by atoms with Gasteiger partial charge in [-0.1, -0.05) is 6.92 Å². The molecule has 1 aromatic heterocycles. The standard InChI is InChI=1S/C15H20F3N3O2S/c1-3-24(2,23)20-14(22)11-6-8-21(9-7-11)13-5-4-12(10-19-13)15(16,17)18/h4-5,10-11H,3,6-9H2,1-2H3. The van der Waals surface area contributed by atoms with Gasteiger partial charge in [-0.05, 0) is 25.0 Å². The number of alkyl halides is 3. The van der Waals surface area contributed by atoms with Crippen LogP contribution >= 0.6 is 0 Å². The first-order valence-electron chi connectivity index (χ1n) is 7.64. The van der Waals surface area contributed by atoms with Crippen LogP contribution in [-0.4, -0.2) is 40.2 Å². The third-order valence-electron chi connectivity index (χ3n) is 4.06. The Balaban J connectivity index is 1.99. The van der Waals surface area contributed by atoms with E-state index >= 15 is 0 Å². The lowest BCUT2D eigenvalue weighted by atomic mass is 9.96. The van der Waals surface area contributed by atoms with E-state index in [0.717, 1.165) is 12.3 Å². The van der Waals surface area contributed by atoms with Crippen LogP contribution in [-0.2, 0) is 20.7 Å². The van der Waals surface area contributed by atoms with Crippen molar-refractivity contribution in [1.82, 2.24) is 4.98 Å². The minimum absolute atomic E-state index is 0.289. The summed E-state index contributed by atoms with van der Waals surface area (Å²) in [6.45, 7) is 2.72. The van der Waals surface area contributed by atoms with Gasteiger partial charge in [-0.2, -0.15) is 17.5 Å². The minimum atomic E-state index is -4.40. The molecule has 9 heteroatoms. The number of carbonyl (C=O) groups excluding carboxylic acids is 1. The molecule has 1 amide bonds. The van der Waals surface area contributed by atoms with Gasteiger partial charge >= 0.3 is 6.18 Å². The van der Waals surface area contributed by atoms with Crippen LogP contribution in [0.2, 0.25) is 0 Å². The SMILES string of the molecule is CCS(C)(=O)=NC(=O)C1CCN(c2ccc(C(F)(F)F)cn2)CC1. The predicted octanol–water partition coefficient (Wildman–Crippen LogP) is 2.96. The highest BCUT2D eigenvalue weighted by atomic mass is 32.2. The number of aromatic nitrogens is 1. The molecule has 0 spiro atoms. The summed E-state index contributed by atoms with van der Waals surface area (Å²) < 4.78 is 53.3. The summed E-state index contributed by atoms with van der Waals surface area (Å²) in [5.41, 5.74) is -0.785. The van der Waals surface area contributed by atoms with Crippen LogP contribution in [0.25, 0.3) is 0 Å². The van der Waals surface area contributed by atoms with E-state index in [9.17, 15) is 22.2 Å². The topological polar surface area (TPSA) is 62.6 Å². The second kappa shape index (κ2) is 7.08. The van der Waals surface area contributed by atoms with Crippen molar-refractivity contribution in [3.8, 4) is 0 Å². The van der Waals surface area contributed by atoms with Gasteiger partial charge in [0.15, 0.2) is 0 Å². The van der Waals surface area contributed by atoms with Gasteiger partial charge in [-0.3, -0.25) is 4.79 Å². The van der Waals surface area contributed by atoms with Crippen molar-refractivity contribution in [2.75, 3.05) is 30.0 Å². The number of carbonyl (C=O) groups is 1. The summed E-state index contributed by atoms with van der Waals surface area (Å²) >= 11 is 0. The van der Waals surface area contributed by atoms with Gasteiger partial charge in [-0.25, -0.2) is 9.19 Å². The summed E-state index contributed by atoms with van der Waals surface area (Å²) in [6.07, 6.45) is -1.09. The number of hydrogen-bond acceptors (Lipinski definition) is 4. The molecule has 0 aliphatic carbocycles. The van der Waals surface area contributed by atoms with Crippen LogP contribution in [0.3, 0.4) is 0 Å². The fourth-order valence-corrected chi connectivity index (χ4v) is 3.08. The number of hydrogen-bond donors (Lipinski definition) is 0. The molecule has 1 aromatic rings. The average Bonchev–Trinajstić information content (AvgIpc) is 2.54. The first kappa shape index (κ1) is 18.7. The summed E-state index contributed by atoms with van der Waals surface area (Å²) in [4.78, 5) is 17.8. The van der Waals surface area contributed by atoms with Crippen molar-refractivity contribution in [1.29, 1.82) is 0 Å². The number of piperidine rings is 1. The first-order valence-corrected chi connectivity index (χ1v) is 9.73. The van der Waals surface area contributed by atoms with Crippen molar-refractivity contribution in [2.45, 2.75) is 25.9 Å². The van der Waals surface area contributed by atoms with Crippen molar-refractivity contribution < 1.29 is 22.2 Å². The monoisotopic (exact) mass is 363 g/mol. The highest BCUT2D eigenvalue weighted by Crippen LogP contribution is 2.30. The summed E-state index contributed by atoms with van der Waals surface area (Å²) in [5, 5.41) is 0. The van der Waals surface area contributed by atoms with E-state index in [1.165, 1.54) is 12.3 Å². The van der Waals surface area contributed by atoms with Crippen LogP contribution in [0.1, 0.15) is 25.3 Å². The second-order valence-electron chi connectivity index (χ2n) is 5.84. The van der Waals surface area contributed by atoms with Crippen molar-refractivity contribution in [3.63, 3.8) is 0 Å². The normalized spacial score (nSPS) is 19.0. The molecule has 0 aromatic carbocycles. The van der Waals surface area contributed by atoms with Crippen LogP contribution in [0, 0.1) is 5.92 Å². The van der Waals surface area contributed by atoms with E-state index in [-0.39, 0.29) is 11.8 Å². The van der Waals surface area contributed by atoms with Crippen LogP contribution < -0.4 is 4.90 Å². The van der Waals surface area contributed by atoms with Gasteiger partial charge < -0.3 is 4.90 Å². The van der Waals surface area contributed by atoms with Gasteiger partial charge in [0.2, 0.25) is 0 Å². The number of pyridine rings is 1. The summed E-state index contributed by atoms with van der Waals surface area (Å²) in [6, 6.07) is 2.34. The van der Waals surface area contributed by atoms with Gasteiger partial charge in [-0.15, -0.1) is 0 Å². The Bertz CT molecular complexity index is 702. The third-order valence-corrected chi connectivity index (χ3v) is 5.70. The van der Waals surface area contributed by atoms with E-state index in [1.54, 1.807) is 6.92 Å². The van der Waals surface area contributed by atoms with Crippen molar-refractivity contribution in [3.05, 3.63) is 23.9 Å². The van der Waals surface area contributed by atoms with E-state index < -0.39 is 21.5 Å². The molecule has 0 N–H and O–H groups in total. The Morgan fingerprint density at radius 3 is 2.46 bits per heavy atom. The Morgan fingerprint density at radius 1 is 1.38 bits per heavy atom. The third kappa shape index (κ3) is 4.68. The molecule has 1 fully saturated rings. The molecule has 1 aliphatic rings. The Hall–Kier alpha value is -1.64. The highest BCUT2D eigenvalue weighted by Gasteiger charge is 2.31. The molecule has 1 atom stereocenters. The number of halogens is 3. The molecule has 0 bridgehead atoms. The fraction of sp³-hybridized carbons (Fsp3) is 0.600. The van der Waals surface area contributed by atoms with Gasteiger partial charge in [0, 0.05) is 37.2 Å². The summed E-state index contributed by atoms with van der Waals surface area (Å²) in [7, 11) is -2.46. The maximum absolute atomic E-state index is 12.5. The van der Waals surface area contributed by atoms with Crippen molar-refractivity contribution in [2.24, 2.45) is 10.3 Å². The minimum Gasteiger partial charge on any atom is -0.357 e. The van der Waals surface area contributed by atoms with Gasteiger partial charge in [0.05, 0.1) is 15.3 Å². The molecule has 1 aliphatic heterocycles. The number of nitrogens with zero attached hydrogens (tertiary/aromatic N) is 3. The molecule has 134 valence electrons. The average molecular weight is 363 g/mol. The molecule has 2 heterocycles. The number of anilines is 1. The quantitative estimate of drug-likeness (QED) is 0.828. The molecular formula is C15H20F3N3O2S. The number of amides is 1. The van der Waals surface area contributed by atoms with Crippen LogP contribution in [0.15, 0.2) is 22.7 Å². The smallest absolute Gasteiger partial charge is 0.357 e. The summed E-state index contributed by atoms with van der Waals surface area (Å²) in [5.74, 6) is 0.152. The zero-order valence-electron chi connectivity index (χ0n) is 13.5. The van der Waals surface area contributed by atoms with Crippen LogP contribution in [0.5, 0.6) is 0 Å². The van der Waals surface area contributed by atoms with E-state index in [1.807, 2.05) is 4.90 Å². The Labute approximate surface area is 139 Å². The Kier molecular flexibility index (Phi) is 5.52. The predicted molar refractivity (Wildman–Crippen MR) is 86.2 cm³/mol. The lowest BCUT2D eigenvalue weighted by Gasteiger charge is -2.31. The van der Waals surface area contributed by atoms with E-state index in [0.29, 0.717) is 37.5 Å². The molecule has 2 rings (SSSR count). The molecular weight excluding hydrogens is 343 g/mol. The molecule has 0 saturated carbocycles. The Morgan fingerprint density at radius 2 is 2.00 bits per heavy atom. The van der Waals surface area contributed by atoms with Crippen molar-refractivity contribution >= 4 is 21.5 Å². The first-order chi connectivity index (χ1) is 11.1. The molecule has 24 heavy (non-hydrogen) atoms. The molecule has 1 unspecified atom stereocenters. The molecule has 5 nitrogen and oxygen atoms in total. The zero-order chi connectivity index (χ0) is 18.0. The van der Waals surface area contributed by atoms with Gasteiger partial charge in [0.25, 0.3) is 5.91 Å². The second-order valence-corrected chi connectivity index (χ2v) is 8.52. The maximum Gasteiger partial charge on any atom is 0.417 e.